The topological polar surface area (TPSA) is 75.1 Å². The first kappa shape index (κ1) is 24.4. The van der Waals surface area contributed by atoms with Crippen LogP contribution in [0.15, 0.2) is 47.5 Å². The second-order valence-corrected chi connectivity index (χ2v) is 6.85. The standard InChI is InChI=1S/C22H28FN3O3.HI/c1-2-24-22(26-12-19(13-27)16-6-4-3-5-7-16)25-9-8-17-10-20(23)11-18-14-28-15-29-21(17)18;/h3-7,10-11,19,27H,2,8-9,12-15H2,1H3,(H2,24,25,26);1H. The van der Waals surface area contributed by atoms with E-state index in [9.17, 15) is 9.50 Å². The SMILES string of the molecule is CCNC(=NCC(CO)c1ccccc1)NCCc1cc(F)cc2c1OCOC2.I. The Balaban J connectivity index is 0.00000320. The summed E-state index contributed by atoms with van der Waals surface area (Å²) >= 11 is 0. The lowest BCUT2D eigenvalue weighted by molar-refractivity contribution is -0.0172. The van der Waals surface area contributed by atoms with Crippen molar-refractivity contribution in [1.29, 1.82) is 0 Å². The number of aliphatic imine (C=N–C) groups is 1. The molecule has 0 saturated heterocycles. The lowest BCUT2D eigenvalue weighted by atomic mass is 10.0. The van der Waals surface area contributed by atoms with E-state index in [4.69, 9.17) is 9.47 Å². The maximum Gasteiger partial charge on any atom is 0.191 e. The van der Waals surface area contributed by atoms with Crippen LogP contribution in [-0.4, -0.2) is 44.1 Å². The van der Waals surface area contributed by atoms with Gasteiger partial charge in [-0.05, 0) is 36.6 Å². The molecule has 8 heteroatoms. The van der Waals surface area contributed by atoms with Crippen LogP contribution in [-0.2, 0) is 17.8 Å². The van der Waals surface area contributed by atoms with Gasteiger partial charge in [-0.3, -0.25) is 4.99 Å². The van der Waals surface area contributed by atoms with Gasteiger partial charge in [-0.15, -0.1) is 24.0 Å². The third-order valence-electron chi connectivity index (χ3n) is 4.74. The first-order chi connectivity index (χ1) is 14.2. The highest BCUT2D eigenvalue weighted by molar-refractivity contribution is 14.0. The lowest BCUT2D eigenvalue weighted by Crippen LogP contribution is -2.38. The molecule has 1 aliphatic rings. The molecule has 30 heavy (non-hydrogen) atoms. The van der Waals surface area contributed by atoms with Crippen LogP contribution >= 0.6 is 24.0 Å². The van der Waals surface area contributed by atoms with Crippen LogP contribution in [0.4, 0.5) is 4.39 Å². The molecule has 0 aliphatic carbocycles. The van der Waals surface area contributed by atoms with Gasteiger partial charge in [0, 0.05) is 24.6 Å². The number of benzene rings is 2. The van der Waals surface area contributed by atoms with Gasteiger partial charge in [0.1, 0.15) is 11.6 Å². The van der Waals surface area contributed by atoms with Gasteiger partial charge in [0.05, 0.1) is 19.8 Å². The average Bonchev–Trinajstić information content (AvgIpc) is 2.74. The molecule has 2 aromatic rings. The monoisotopic (exact) mass is 529 g/mol. The second kappa shape index (κ2) is 12.7. The van der Waals surface area contributed by atoms with E-state index in [1.165, 1.54) is 12.1 Å². The fraction of sp³-hybridized carbons (Fsp3) is 0.409. The van der Waals surface area contributed by atoms with Gasteiger partial charge in [-0.2, -0.15) is 0 Å². The summed E-state index contributed by atoms with van der Waals surface area (Å²) in [6, 6.07) is 12.8. The van der Waals surface area contributed by atoms with E-state index in [2.05, 4.69) is 15.6 Å². The predicted molar refractivity (Wildman–Crippen MR) is 126 cm³/mol. The van der Waals surface area contributed by atoms with Gasteiger partial charge >= 0.3 is 0 Å². The molecular weight excluding hydrogens is 500 g/mol. The van der Waals surface area contributed by atoms with Crippen LogP contribution < -0.4 is 15.4 Å². The minimum absolute atomic E-state index is 0. The van der Waals surface area contributed by atoms with Gasteiger partial charge in [0.2, 0.25) is 0 Å². The molecule has 0 fully saturated rings. The molecular formula is C22H29FIN3O3. The Morgan fingerprint density at radius 1 is 1.23 bits per heavy atom. The fourth-order valence-corrected chi connectivity index (χ4v) is 3.29. The van der Waals surface area contributed by atoms with Crippen molar-refractivity contribution in [3.63, 3.8) is 0 Å². The van der Waals surface area contributed by atoms with Crippen molar-refractivity contribution < 1.29 is 19.0 Å². The number of rotatable bonds is 8. The lowest BCUT2D eigenvalue weighted by Gasteiger charge is -2.21. The van der Waals surface area contributed by atoms with Crippen LogP contribution in [0.3, 0.4) is 0 Å². The summed E-state index contributed by atoms with van der Waals surface area (Å²) in [6.07, 6.45) is 0.590. The van der Waals surface area contributed by atoms with Crippen LogP contribution in [0.1, 0.15) is 29.5 Å². The van der Waals surface area contributed by atoms with E-state index in [0.29, 0.717) is 37.8 Å². The minimum atomic E-state index is -0.290. The van der Waals surface area contributed by atoms with Crippen LogP contribution in [0, 0.1) is 5.82 Å². The molecule has 3 N–H and O–H groups in total. The van der Waals surface area contributed by atoms with Crippen molar-refractivity contribution in [1.82, 2.24) is 10.6 Å². The van der Waals surface area contributed by atoms with Crippen LogP contribution in [0.25, 0.3) is 0 Å². The smallest absolute Gasteiger partial charge is 0.191 e. The number of hydrogen-bond acceptors (Lipinski definition) is 4. The number of halogens is 2. The van der Waals surface area contributed by atoms with Crippen molar-refractivity contribution in [2.24, 2.45) is 4.99 Å². The van der Waals surface area contributed by atoms with Gasteiger partial charge in [-0.1, -0.05) is 30.3 Å². The summed E-state index contributed by atoms with van der Waals surface area (Å²) < 4.78 is 24.7. The van der Waals surface area contributed by atoms with E-state index < -0.39 is 0 Å². The zero-order chi connectivity index (χ0) is 20.5. The van der Waals surface area contributed by atoms with Crippen molar-refractivity contribution in [3.05, 3.63) is 65.0 Å². The highest BCUT2D eigenvalue weighted by Crippen LogP contribution is 2.29. The van der Waals surface area contributed by atoms with Crippen molar-refractivity contribution in [2.45, 2.75) is 25.9 Å². The van der Waals surface area contributed by atoms with Gasteiger partial charge in [-0.25, -0.2) is 4.39 Å². The first-order valence-corrected chi connectivity index (χ1v) is 9.91. The van der Waals surface area contributed by atoms with Crippen molar-refractivity contribution >= 4 is 29.9 Å². The number of fused-ring (bicyclic) bond motifs is 1. The summed E-state index contributed by atoms with van der Waals surface area (Å²) in [5, 5.41) is 16.2. The quantitative estimate of drug-likeness (QED) is 0.279. The predicted octanol–water partition coefficient (Wildman–Crippen LogP) is 3.18. The molecule has 6 nitrogen and oxygen atoms in total. The molecule has 3 rings (SSSR count). The van der Waals surface area contributed by atoms with E-state index in [-0.39, 0.29) is 49.1 Å². The number of hydrogen-bond donors (Lipinski definition) is 3. The van der Waals surface area contributed by atoms with E-state index in [0.717, 1.165) is 23.2 Å². The molecule has 0 saturated carbocycles. The number of aliphatic hydroxyl groups is 1. The van der Waals surface area contributed by atoms with Crippen LogP contribution in [0.5, 0.6) is 5.75 Å². The molecule has 1 heterocycles. The summed E-state index contributed by atoms with van der Waals surface area (Å²) in [7, 11) is 0. The Hall–Kier alpha value is -1.91. The normalized spacial score (nSPS) is 14.2. The highest BCUT2D eigenvalue weighted by Gasteiger charge is 2.17. The summed E-state index contributed by atoms with van der Waals surface area (Å²) in [5.74, 6) is 1.03. The fourth-order valence-electron chi connectivity index (χ4n) is 3.29. The molecule has 0 spiro atoms. The number of nitrogens with zero attached hydrogens (tertiary/aromatic N) is 1. The second-order valence-electron chi connectivity index (χ2n) is 6.85. The van der Waals surface area contributed by atoms with Crippen molar-refractivity contribution in [2.75, 3.05) is 33.0 Å². The van der Waals surface area contributed by atoms with Crippen LogP contribution in [0.2, 0.25) is 0 Å². The van der Waals surface area contributed by atoms with E-state index >= 15 is 0 Å². The average molecular weight is 529 g/mol. The third kappa shape index (κ3) is 6.82. The summed E-state index contributed by atoms with van der Waals surface area (Å²) in [6.45, 7) is 4.32. The molecule has 1 aliphatic heterocycles. The van der Waals surface area contributed by atoms with Crippen molar-refractivity contribution in [3.8, 4) is 5.75 Å². The Labute approximate surface area is 193 Å². The molecule has 164 valence electrons. The van der Waals surface area contributed by atoms with E-state index in [1.807, 2.05) is 37.3 Å². The minimum Gasteiger partial charge on any atom is -0.467 e. The highest BCUT2D eigenvalue weighted by atomic mass is 127. The Bertz CT molecular complexity index is 821. The number of ether oxygens (including phenoxy) is 2. The molecule has 0 aromatic heterocycles. The summed E-state index contributed by atoms with van der Waals surface area (Å²) in [4.78, 5) is 4.61. The van der Waals surface area contributed by atoms with E-state index in [1.54, 1.807) is 0 Å². The molecule has 2 aromatic carbocycles. The number of guanidine groups is 1. The zero-order valence-electron chi connectivity index (χ0n) is 17.1. The first-order valence-electron chi connectivity index (χ1n) is 9.91. The molecule has 1 unspecified atom stereocenters. The Kier molecular flexibility index (Phi) is 10.3. The molecule has 0 bridgehead atoms. The maximum absolute atomic E-state index is 13.9. The molecule has 1 atom stereocenters. The largest absolute Gasteiger partial charge is 0.467 e. The third-order valence-corrected chi connectivity index (χ3v) is 4.74. The van der Waals surface area contributed by atoms with Gasteiger partial charge in [0.25, 0.3) is 0 Å². The Morgan fingerprint density at radius 2 is 2.03 bits per heavy atom. The molecule has 0 amide bonds. The number of aliphatic hydroxyl groups excluding tert-OH is 1. The summed E-state index contributed by atoms with van der Waals surface area (Å²) in [5.41, 5.74) is 2.60. The molecule has 0 radical (unpaired) electrons. The Morgan fingerprint density at radius 3 is 2.77 bits per heavy atom. The van der Waals surface area contributed by atoms with Gasteiger partial charge < -0.3 is 25.2 Å². The zero-order valence-corrected chi connectivity index (χ0v) is 19.4. The number of nitrogens with one attached hydrogen (secondary N) is 2. The van der Waals surface area contributed by atoms with Gasteiger partial charge in [0.15, 0.2) is 12.8 Å². The maximum atomic E-state index is 13.9.